The summed E-state index contributed by atoms with van der Waals surface area (Å²) >= 11 is 0. The molecule has 0 bridgehead atoms. The molecule has 0 aliphatic carbocycles. The lowest BCUT2D eigenvalue weighted by molar-refractivity contribution is -0.132. The van der Waals surface area contributed by atoms with Crippen molar-refractivity contribution in [3.8, 4) is 0 Å². The van der Waals surface area contributed by atoms with Crippen LogP contribution in [0, 0.1) is 5.92 Å². The monoisotopic (exact) mass is 333 g/mol. The Balaban J connectivity index is 1.81. The molecular weight excluding hydrogens is 306 g/mol. The van der Waals surface area contributed by atoms with E-state index in [1.54, 1.807) is 9.80 Å². The van der Waals surface area contributed by atoms with Gasteiger partial charge >= 0.3 is 6.09 Å². The molecule has 2 N–H and O–H groups in total. The predicted octanol–water partition coefficient (Wildman–Crippen LogP) is 1.84. The van der Waals surface area contributed by atoms with Crippen LogP contribution >= 0.6 is 0 Å². The van der Waals surface area contributed by atoms with Gasteiger partial charge in [0.05, 0.1) is 6.54 Å². The number of hydrogen-bond acceptors (Lipinski definition) is 4. The zero-order valence-corrected chi connectivity index (χ0v) is 14.5. The lowest BCUT2D eigenvalue weighted by atomic mass is 10.1. The normalized spacial score (nSPS) is 17.2. The first-order chi connectivity index (χ1) is 11.5. The first kappa shape index (κ1) is 18.3. The summed E-state index contributed by atoms with van der Waals surface area (Å²) in [7, 11) is 0. The van der Waals surface area contributed by atoms with Crippen LogP contribution in [0.1, 0.15) is 25.8 Å². The minimum atomic E-state index is -0.289. The van der Waals surface area contributed by atoms with Crippen LogP contribution in [0.25, 0.3) is 0 Å². The SMILES string of the molecule is CC(C)N(CC1CCN(C(=O)OCc2ccccc2)C1)C(=O)CN. The second-order valence-electron chi connectivity index (χ2n) is 6.48. The number of likely N-dealkylation sites (tertiary alicyclic amines) is 1. The molecule has 2 rings (SSSR count). The summed E-state index contributed by atoms with van der Waals surface area (Å²) in [6.07, 6.45) is 0.587. The van der Waals surface area contributed by atoms with E-state index in [0.717, 1.165) is 12.0 Å². The van der Waals surface area contributed by atoms with E-state index in [1.165, 1.54) is 0 Å². The van der Waals surface area contributed by atoms with Gasteiger partial charge in [0.2, 0.25) is 5.91 Å². The molecule has 2 amide bonds. The van der Waals surface area contributed by atoms with Crippen LogP contribution in [0.5, 0.6) is 0 Å². The van der Waals surface area contributed by atoms with Crippen LogP contribution in [-0.2, 0) is 16.1 Å². The van der Waals surface area contributed by atoms with Crippen LogP contribution in [0.2, 0.25) is 0 Å². The van der Waals surface area contributed by atoms with Gasteiger partial charge in [0.1, 0.15) is 6.61 Å². The maximum Gasteiger partial charge on any atom is 0.410 e. The number of rotatable bonds is 6. The molecule has 1 unspecified atom stereocenters. The average Bonchev–Trinajstić information content (AvgIpc) is 3.06. The zero-order valence-electron chi connectivity index (χ0n) is 14.5. The summed E-state index contributed by atoms with van der Waals surface area (Å²) in [4.78, 5) is 27.6. The van der Waals surface area contributed by atoms with Gasteiger partial charge in [0.25, 0.3) is 0 Å². The number of amides is 2. The molecule has 0 saturated carbocycles. The Kier molecular flexibility index (Phi) is 6.61. The van der Waals surface area contributed by atoms with Crippen molar-refractivity contribution in [2.24, 2.45) is 11.7 Å². The highest BCUT2D eigenvalue weighted by Gasteiger charge is 2.30. The molecule has 132 valence electrons. The molecule has 24 heavy (non-hydrogen) atoms. The van der Waals surface area contributed by atoms with E-state index in [2.05, 4.69) is 0 Å². The second kappa shape index (κ2) is 8.68. The van der Waals surface area contributed by atoms with Crippen molar-refractivity contribution in [1.29, 1.82) is 0 Å². The first-order valence-electron chi connectivity index (χ1n) is 8.46. The summed E-state index contributed by atoms with van der Waals surface area (Å²) in [5, 5.41) is 0. The van der Waals surface area contributed by atoms with Gasteiger partial charge < -0.3 is 20.3 Å². The van der Waals surface area contributed by atoms with Crippen LogP contribution in [0.15, 0.2) is 30.3 Å². The Labute approximate surface area is 143 Å². The Morgan fingerprint density at radius 3 is 2.67 bits per heavy atom. The second-order valence-corrected chi connectivity index (χ2v) is 6.48. The smallest absolute Gasteiger partial charge is 0.410 e. The van der Waals surface area contributed by atoms with E-state index in [0.29, 0.717) is 19.6 Å². The molecule has 1 aliphatic heterocycles. The van der Waals surface area contributed by atoms with Crippen molar-refractivity contribution in [2.75, 3.05) is 26.2 Å². The van der Waals surface area contributed by atoms with Crippen molar-refractivity contribution < 1.29 is 14.3 Å². The third kappa shape index (κ3) is 4.96. The predicted molar refractivity (Wildman–Crippen MR) is 92.2 cm³/mol. The van der Waals surface area contributed by atoms with Gasteiger partial charge in [0, 0.05) is 25.7 Å². The van der Waals surface area contributed by atoms with Crippen molar-refractivity contribution in [3.05, 3.63) is 35.9 Å². The fourth-order valence-electron chi connectivity index (χ4n) is 2.95. The number of carbonyl (C=O) groups is 2. The maximum absolute atomic E-state index is 12.2. The van der Waals surface area contributed by atoms with Crippen LogP contribution in [0.4, 0.5) is 4.79 Å². The highest BCUT2D eigenvalue weighted by molar-refractivity contribution is 5.78. The lowest BCUT2D eigenvalue weighted by Crippen LogP contribution is -2.44. The highest BCUT2D eigenvalue weighted by Crippen LogP contribution is 2.20. The molecule has 0 radical (unpaired) electrons. The molecule has 0 spiro atoms. The summed E-state index contributed by atoms with van der Waals surface area (Å²) in [6, 6.07) is 9.74. The fraction of sp³-hybridized carbons (Fsp3) is 0.556. The van der Waals surface area contributed by atoms with E-state index in [1.807, 2.05) is 44.2 Å². The molecule has 1 atom stereocenters. The Morgan fingerprint density at radius 1 is 1.33 bits per heavy atom. The van der Waals surface area contributed by atoms with Crippen LogP contribution in [0.3, 0.4) is 0 Å². The molecule has 1 saturated heterocycles. The van der Waals surface area contributed by atoms with E-state index in [-0.39, 0.29) is 37.1 Å². The third-order valence-corrected chi connectivity index (χ3v) is 4.32. The van der Waals surface area contributed by atoms with Crippen LogP contribution in [-0.4, -0.2) is 54.0 Å². The van der Waals surface area contributed by atoms with Crippen molar-refractivity contribution in [2.45, 2.75) is 32.9 Å². The first-order valence-corrected chi connectivity index (χ1v) is 8.46. The molecular formula is C18H27N3O3. The maximum atomic E-state index is 12.2. The quantitative estimate of drug-likeness (QED) is 0.862. The minimum absolute atomic E-state index is 0.0216. The van der Waals surface area contributed by atoms with Crippen molar-refractivity contribution >= 4 is 12.0 Å². The Bertz CT molecular complexity index is 548. The van der Waals surface area contributed by atoms with Crippen molar-refractivity contribution in [1.82, 2.24) is 9.80 Å². The molecule has 1 aromatic rings. The van der Waals surface area contributed by atoms with Gasteiger partial charge in [-0.15, -0.1) is 0 Å². The fourth-order valence-corrected chi connectivity index (χ4v) is 2.95. The van der Waals surface area contributed by atoms with E-state index in [9.17, 15) is 9.59 Å². The highest BCUT2D eigenvalue weighted by atomic mass is 16.6. The van der Waals surface area contributed by atoms with E-state index in [4.69, 9.17) is 10.5 Å². The minimum Gasteiger partial charge on any atom is -0.445 e. The molecule has 1 heterocycles. The zero-order chi connectivity index (χ0) is 17.5. The number of ether oxygens (including phenoxy) is 1. The summed E-state index contributed by atoms with van der Waals surface area (Å²) in [5.41, 5.74) is 6.45. The molecule has 1 aromatic carbocycles. The van der Waals surface area contributed by atoms with Gasteiger partial charge in [-0.05, 0) is 31.7 Å². The van der Waals surface area contributed by atoms with Crippen LogP contribution < -0.4 is 5.73 Å². The molecule has 0 aromatic heterocycles. The van der Waals surface area contributed by atoms with Gasteiger partial charge in [0.15, 0.2) is 0 Å². The molecule has 6 nitrogen and oxygen atoms in total. The molecule has 1 aliphatic rings. The number of hydrogen-bond donors (Lipinski definition) is 1. The Morgan fingerprint density at radius 2 is 2.04 bits per heavy atom. The molecule has 1 fully saturated rings. The number of benzene rings is 1. The van der Waals surface area contributed by atoms with Crippen molar-refractivity contribution in [3.63, 3.8) is 0 Å². The largest absolute Gasteiger partial charge is 0.445 e. The summed E-state index contributed by atoms with van der Waals surface area (Å²) < 4.78 is 5.37. The van der Waals surface area contributed by atoms with Gasteiger partial charge in [-0.2, -0.15) is 0 Å². The summed E-state index contributed by atoms with van der Waals surface area (Å²) in [5.74, 6) is 0.224. The topological polar surface area (TPSA) is 75.9 Å². The van der Waals surface area contributed by atoms with Gasteiger partial charge in [-0.3, -0.25) is 4.79 Å². The standard InChI is InChI=1S/C18H27N3O3/c1-14(2)21(17(22)10-19)12-16-8-9-20(11-16)18(23)24-13-15-6-4-3-5-7-15/h3-7,14,16H,8-13,19H2,1-2H3. The summed E-state index contributed by atoms with van der Waals surface area (Å²) in [6.45, 7) is 6.19. The Hall–Kier alpha value is -2.08. The molecule has 6 heteroatoms. The lowest BCUT2D eigenvalue weighted by Gasteiger charge is -2.29. The van der Waals surface area contributed by atoms with E-state index < -0.39 is 0 Å². The van der Waals surface area contributed by atoms with E-state index >= 15 is 0 Å². The van der Waals surface area contributed by atoms with Gasteiger partial charge in [-0.1, -0.05) is 30.3 Å². The third-order valence-electron chi connectivity index (χ3n) is 4.32. The van der Waals surface area contributed by atoms with Gasteiger partial charge in [-0.25, -0.2) is 4.79 Å². The number of carbonyl (C=O) groups excluding carboxylic acids is 2. The number of nitrogens with zero attached hydrogens (tertiary/aromatic N) is 2. The average molecular weight is 333 g/mol. The number of nitrogens with two attached hydrogens (primary N) is 1.